The molecule has 1 aliphatic rings. The molecule has 0 saturated heterocycles. The third-order valence-electron chi connectivity index (χ3n) is 5.67. The Labute approximate surface area is 191 Å². The number of hydrogen-bond acceptors (Lipinski definition) is 6. The summed E-state index contributed by atoms with van der Waals surface area (Å²) >= 11 is 1.29. The van der Waals surface area contributed by atoms with Crippen molar-refractivity contribution in [1.29, 1.82) is 5.26 Å². The first-order valence-electron chi connectivity index (χ1n) is 10.2. The normalized spacial score (nSPS) is 14.4. The van der Waals surface area contributed by atoms with Crippen molar-refractivity contribution in [2.45, 2.75) is 36.6 Å². The van der Waals surface area contributed by atoms with Crippen LogP contribution in [-0.2, 0) is 10.0 Å². The molecule has 1 heterocycles. The maximum Gasteiger partial charge on any atom is 0.257 e. The summed E-state index contributed by atoms with van der Waals surface area (Å²) in [6, 6.07) is 15.1. The van der Waals surface area contributed by atoms with Crippen LogP contribution < -0.4 is 5.32 Å². The number of thiazole rings is 1. The van der Waals surface area contributed by atoms with Gasteiger partial charge in [-0.15, -0.1) is 11.3 Å². The molecule has 1 aromatic heterocycles. The predicted molar refractivity (Wildman–Crippen MR) is 124 cm³/mol. The van der Waals surface area contributed by atoms with Crippen LogP contribution in [0, 0.1) is 11.3 Å². The van der Waals surface area contributed by atoms with Crippen molar-refractivity contribution in [3.8, 4) is 17.3 Å². The molecule has 1 amide bonds. The number of carbonyl (C=O) groups is 1. The lowest BCUT2D eigenvalue weighted by atomic mass is 10.1. The Morgan fingerprint density at radius 1 is 1.12 bits per heavy atom. The molecule has 0 bridgehead atoms. The number of amides is 1. The molecule has 3 aromatic rings. The zero-order valence-electron chi connectivity index (χ0n) is 17.5. The Kier molecular flexibility index (Phi) is 6.37. The van der Waals surface area contributed by atoms with E-state index in [-0.39, 0.29) is 16.8 Å². The molecular weight excluding hydrogens is 444 g/mol. The summed E-state index contributed by atoms with van der Waals surface area (Å²) in [6.45, 7) is 0. The number of carbonyl (C=O) groups excluding carboxylic acids is 1. The standard InChI is InChI=1S/C23H22N4O3S2/c1-27(19-4-2-3-5-19)32(29,30)20-12-10-18(11-13-20)22(28)26-23-25-21(15-31-23)17-8-6-16(14-24)7-9-17/h6-13,15,19H,2-5H2,1H3,(H,25,26,28). The molecule has 164 valence electrons. The van der Waals surface area contributed by atoms with Crippen LogP contribution in [0.5, 0.6) is 0 Å². The average Bonchev–Trinajstić information content (AvgIpc) is 3.51. The maximum absolute atomic E-state index is 12.9. The van der Waals surface area contributed by atoms with Crippen LogP contribution in [-0.4, -0.2) is 36.7 Å². The summed E-state index contributed by atoms with van der Waals surface area (Å²) in [7, 11) is -1.96. The Morgan fingerprint density at radius 3 is 2.41 bits per heavy atom. The average molecular weight is 467 g/mol. The Bertz CT molecular complexity index is 1250. The highest BCUT2D eigenvalue weighted by Crippen LogP contribution is 2.28. The second-order valence-corrected chi connectivity index (χ2v) is 10.5. The molecule has 0 unspecified atom stereocenters. The van der Waals surface area contributed by atoms with E-state index in [1.165, 1.54) is 39.9 Å². The topological polar surface area (TPSA) is 103 Å². The minimum atomic E-state index is -3.58. The molecule has 7 nitrogen and oxygen atoms in total. The third kappa shape index (κ3) is 4.58. The quantitative estimate of drug-likeness (QED) is 0.576. The van der Waals surface area contributed by atoms with E-state index in [1.807, 2.05) is 5.38 Å². The molecule has 2 aromatic carbocycles. The van der Waals surface area contributed by atoms with Gasteiger partial charge in [0.15, 0.2) is 5.13 Å². The first-order chi connectivity index (χ1) is 15.4. The van der Waals surface area contributed by atoms with Crippen LogP contribution in [0.15, 0.2) is 58.8 Å². The van der Waals surface area contributed by atoms with Gasteiger partial charge in [-0.1, -0.05) is 25.0 Å². The van der Waals surface area contributed by atoms with Crippen LogP contribution in [0.3, 0.4) is 0 Å². The first-order valence-corrected chi connectivity index (χ1v) is 12.6. The van der Waals surface area contributed by atoms with Gasteiger partial charge in [0.25, 0.3) is 5.91 Å². The fourth-order valence-electron chi connectivity index (χ4n) is 3.76. The number of rotatable bonds is 6. The summed E-state index contributed by atoms with van der Waals surface area (Å²) < 4.78 is 27.2. The lowest BCUT2D eigenvalue weighted by Crippen LogP contribution is -2.35. The first kappa shape index (κ1) is 22.1. The smallest absolute Gasteiger partial charge is 0.257 e. The molecule has 0 radical (unpaired) electrons. The molecule has 32 heavy (non-hydrogen) atoms. The summed E-state index contributed by atoms with van der Waals surface area (Å²) in [5.74, 6) is -0.362. The van der Waals surface area contributed by atoms with E-state index in [0.29, 0.717) is 22.0 Å². The molecule has 4 rings (SSSR count). The summed E-state index contributed by atoms with van der Waals surface area (Å²) in [6.07, 6.45) is 3.86. The van der Waals surface area contributed by atoms with E-state index in [1.54, 1.807) is 31.3 Å². The number of sulfonamides is 1. The van der Waals surface area contributed by atoms with Crippen LogP contribution in [0.1, 0.15) is 41.6 Å². The number of benzene rings is 2. The monoisotopic (exact) mass is 466 g/mol. The molecule has 9 heteroatoms. The molecule has 0 aliphatic heterocycles. The van der Waals surface area contributed by atoms with E-state index in [9.17, 15) is 13.2 Å². The number of nitrogens with zero attached hydrogens (tertiary/aromatic N) is 3. The van der Waals surface area contributed by atoms with E-state index < -0.39 is 10.0 Å². The predicted octanol–water partition coefficient (Wildman–Crippen LogP) is 4.50. The Hall–Kier alpha value is -3.06. The van der Waals surface area contributed by atoms with Gasteiger partial charge in [-0.05, 0) is 49.2 Å². The number of nitriles is 1. The van der Waals surface area contributed by atoms with Crippen LogP contribution in [0.4, 0.5) is 5.13 Å². The Morgan fingerprint density at radius 2 is 1.78 bits per heavy atom. The SMILES string of the molecule is CN(C1CCCC1)S(=O)(=O)c1ccc(C(=O)Nc2nc(-c3ccc(C#N)cc3)cs2)cc1. The van der Waals surface area contributed by atoms with Crippen LogP contribution in [0.25, 0.3) is 11.3 Å². The highest BCUT2D eigenvalue weighted by atomic mass is 32.2. The number of nitrogens with one attached hydrogen (secondary N) is 1. The molecule has 1 fully saturated rings. The highest BCUT2D eigenvalue weighted by Gasteiger charge is 2.30. The molecule has 0 spiro atoms. The van der Waals surface area contributed by atoms with E-state index >= 15 is 0 Å². The number of hydrogen-bond donors (Lipinski definition) is 1. The van der Waals surface area contributed by atoms with Gasteiger partial charge in [-0.25, -0.2) is 13.4 Å². The minimum Gasteiger partial charge on any atom is -0.298 e. The van der Waals surface area contributed by atoms with Gasteiger partial charge in [-0.3, -0.25) is 10.1 Å². The van der Waals surface area contributed by atoms with Gasteiger partial charge in [-0.2, -0.15) is 9.57 Å². The van der Waals surface area contributed by atoms with Crippen LogP contribution in [0.2, 0.25) is 0 Å². The second-order valence-electron chi connectivity index (χ2n) is 7.67. The van der Waals surface area contributed by atoms with Crippen molar-refractivity contribution in [3.05, 3.63) is 65.0 Å². The van der Waals surface area contributed by atoms with Gasteiger partial charge in [0.2, 0.25) is 10.0 Å². The summed E-state index contributed by atoms with van der Waals surface area (Å²) in [4.78, 5) is 17.2. The largest absolute Gasteiger partial charge is 0.298 e. The van der Waals surface area contributed by atoms with Crippen molar-refractivity contribution in [2.75, 3.05) is 12.4 Å². The number of aromatic nitrogens is 1. The van der Waals surface area contributed by atoms with Crippen molar-refractivity contribution in [1.82, 2.24) is 9.29 Å². The van der Waals surface area contributed by atoms with Gasteiger partial charge < -0.3 is 0 Å². The van der Waals surface area contributed by atoms with Crippen LogP contribution >= 0.6 is 11.3 Å². The summed E-state index contributed by atoms with van der Waals surface area (Å²) in [5.41, 5.74) is 2.47. The van der Waals surface area contributed by atoms with E-state index in [2.05, 4.69) is 16.4 Å². The highest BCUT2D eigenvalue weighted by molar-refractivity contribution is 7.89. The zero-order chi connectivity index (χ0) is 22.7. The summed E-state index contributed by atoms with van der Waals surface area (Å²) in [5, 5.41) is 13.9. The molecule has 0 atom stereocenters. The third-order valence-corrected chi connectivity index (χ3v) is 8.35. The van der Waals surface area contributed by atoms with Gasteiger partial charge in [0.05, 0.1) is 22.2 Å². The lowest BCUT2D eigenvalue weighted by Gasteiger charge is -2.23. The maximum atomic E-state index is 12.9. The molecular formula is C23H22N4O3S2. The van der Waals surface area contributed by atoms with E-state index in [4.69, 9.17) is 5.26 Å². The Balaban J connectivity index is 1.44. The van der Waals surface area contributed by atoms with Gasteiger partial charge >= 0.3 is 0 Å². The van der Waals surface area contributed by atoms with Crippen molar-refractivity contribution in [3.63, 3.8) is 0 Å². The number of anilines is 1. The minimum absolute atomic E-state index is 0.0400. The fraction of sp³-hybridized carbons (Fsp3) is 0.261. The second kappa shape index (κ2) is 9.20. The fourth-order valence-corrected chi connectivity index (χ4v) is 5.89. The van der Waals surface area contributed by atoms with Crippen molar-refractivity contribution in [2.24, 2.45) is 0 Å². The molecule has 1 saturated carbocycles. The van der Waals surface area contributed by atoms with Crippen molar-refractivity contribution < 1.29 is 13.2 Å². The lowest BCUT2D eigenvalue weighted by molar-refractivity contribution is 0.102. The molecule has 1 aliphatic carbocycles. The van der Waals surface area contributed by atoms with E-state index in [0.717, 1.165) is 31.2 Å². The van der Waals surface area contributed by atoms with Gasteiger partial charge in [0.1, 0.15) is 0 Å². The molecule has 1 N–H and O–H groups in total. The van der Waals surface area contributed by atoms with Crippen molar-refractivity contribution >= 4 is 32.4 Å². The van der Waals surface area contributed by atoms with Gasteiger partial charge in [0, 0.05) is 29.6 Å². The zero-order valence-corrected chi connectivity index (χ0v) is 19.1.